The molecule has 0 radical (unpaired) electrons. The molecule has 0 N–H and O–H groups in total. The largest absolute Gasteiger partial charge is 0.497 e. The lowest BCUT2D eigenvalue weighted by atomic mass is 9.69. The summed E-state index contributed by atoms with van der Waals surface area (Å²) in [6.07, 6.45) is 8.15. The molecule has 0 bridgehead atoms. The van der Waals surface area contributed by atoms with Gasteiger partial charge in [-0.3, -0.25) is 9.59 Å². The van der Waals surface area contributed by atoms with E-state index in [4.69, 9.17) is 28.1 Å². The Labute approximate surface area is 367 Å². The van der Waals surface area contributed by atoms with Crippen molar-refractivity contribution in [3.8, 4) is 5.75 Å². The fraction of sp³-hybridized carbons (Fsp3) is 0.804. The summed E-state index contributed by atoms with van der Waals surface area (Å²) in [5.74, 6) is 3.08. The summed E-state index contributed by atoms with van der Waals surface area (Å²) >= 11 is 0. The minimum atomic E-state index is -2.07. The average Bonchev–Trinajstić information content (AvgIpc) is 3.15. The monoisotopic (exact) mass is 855 g/mol. The van der Waals surface area contributed by atoms with Crippen LogP contribution in [0.4, 0.5) is 0 Å². The van der Waals surface area contributed by atoms with Crippen LogP contribution in [-0.4, -0.2) is 75.8 Å². The van der Waals surface area contributed by atoms with Crippen molar-refractivity contribution in [2.45, 2.75) is 209 Å². The number of allylic oxidation sites excluding steroid dienone is 1. The number of carbonyl (C=O) groups is 2. The van der Waals surface area contributed by atoms with Crippen LogP contribution in [0, 0.1) is 47.3 Å². The van der Waals surface area contributed by atoms with Crippen LogP contribution < -0.4 is 4.74 Å². The Morgan fingerprint density at radius 1 is 0.867 bits per heavy atom. The molecule has 14 atom stereocenters. The van der Waals surface area contributed by atoms with Gasteiger partial charge >= 0.3 is 0 Å². The maximum Gasteiger partial charge on any atom is 0.192 e. The quantitative estimate of drug-likeness (QED) is 0.0946. The summed E-state index contributed by atoms with van der Waals surface area (Å²) in [5, 5.41) is 0.0768. The van der Waals surface area contributed by atoms with E-state index in [1.54, 1.807) is 13.2 Å². The third kappa shape index (κ3) is 13.3. The van der Waals surface area contributed by atoms with Gasteiger partial charge in [0.05, 0.1) is 62.5 Å². The van der Waals surface area contributed by atoms with Crippen LogP contribution in [0.1, 0.15) is 141 Å². The van der Waals surface area contributed by atoms with Crippen molar-refractivity contribution in [1.29, 1.82) is 0 Å². The number of ketones is 2. The topological polar surface area (TPSA) is 89.5 Å². The molecule has 4 rings (SSSR count). The van der Waals surface area contributed by atoms with E-state index in [2.05, 4.69) is 103 Å². The van der Waals surface area contributed by atoms with Gasteiger partial charge in [0.2, 0.25) is 0 Å². The first-order valence-electron chi connectivity index (χ1n) is 23.7. The maximum atomic E-state index is 14.0. The van der Waals surface area contributed by atoms with E-state index in [0.717, 1.165) is 37.0 Å². The number of ether oxygens (including phenoxy) is 5. The van der Waals surface area contributed by atoms with E-state index in [-0.39, 0.29) is 77.1 Å². The van der Waals surface area contributed by atoms with Crippen LogP contribution in [0.3, 0.4) is 0 Å². The first kappa shape index (κ1) is 50.8. The van der Waals surface area contributed by atoms with Crippen LogP contribution in [-0.2, 0) is 39.6 Å². The average molecular weight is 855 g/mol. The van der Waals surface area contributed by atoms with Crippen molar-refractivity contribution in [1.82, 2.24) is 0 Å². The second-order valence-electron chi connectivity index (χ2n) is 21.5. The molecule has 3 saturated heterocycles. The van der Waals surface area contributed by atoms with Gasteiger partial charge in [-0.1, -0.05) is 115 Å². The van der Waals surface area contributed by atoms with Crippen molar-refractivity contribution < 1.29 is 37.7 Å². The van der Waals surface area contributed by atoms with Crippen LogP contribution in [0.5, 0.6) is 5.75 Å². The summed E-state index contributed by atoms with van der Waals surface area (Å²) in [5.41, 5.74) is 0.993. The second-order valence-corrected chi connectivity index (χ2v) is 26.3. The molecule has 0 amide bonds. The van der Waals surface area contributed by atoms with E-state index in [9.17, 15) is 9.59 Å². The summed E-state index contributed by atoms with van der Waals surface area (Å²) < 4.78 is 39.4. The minimum Gasteiger partial charge on any atom is -0.497 e. The predicted molar refractivity (Wildman–Crippen MR) is 246 cm³/mol. The molecule has 3 aliphatic rings. The number of hydrogen-bond acceptors (Lipinski definition) is 8. The van der Waals surface area contributed by atoms with Crippen LogP contribution >= 0.6 is 0 Å². The molecule has 60 heavy (non-hydrogen) atoms. The number of Topliss-reactive ketones (excluding diaryl/α,β-unsaturated/α-hetero) is 1. The molecule has 342 valence electrons. The maximum absolute atomic E-state index is 14.0. The highest BCUT2D eigenvalue weighted by molar-refractivity contribution is 6.74. The van der Waals surface area contributed by atoms with Crippen molar-refractivity contribution in [3.63, 3.8) is 0 Å². The highest BCUT2D eigenvalue weighted by atomic mass is 28.4. The Bertz CT molecular complexity index is 1520. The van der Waals surface area contributed by atoms with Gasteiger partial charge in [0.15, 0.2) is 14.1 Å². The Morgan fingerprint density at radius 2 is 1.52 bits per heavy atom. The predicted octanol–water partition coefficient (Wildman–Crippen LogP) is 11.8. The van der Waals surface area contributed by atoms with Gasteiger partial charge in [-0.15, -0.1) is 0 Å². The fourth-order valence-corrected chi connectivity index (χ4v) is 11.4. The molecule has 8 nitrogen and oxygen atoms in total. The summed E-state index contributed by atoms with van der Waals surface area (Å²) in [4.78, 5) is 27.8. The van der Waals surface area contributed by atoms with Gasteiger partial charge in [-0.25, -0.2) is 0 Å². The summed E-state index contributed by atoms with van der Waals surface area (Å²) in [6.45, 7) is 34.1. The lowest BCUT2D eigenvalue weighted by molar-refractivity contribution is -0.253. The minimum absolute atomic E-state index is 0.00329. The lowest BCUT2D eigenvalue weighted by Crippen LogP contribution is -2.58. The van der Waals surface area contributed by atoms with Gasteiger partial charge in [0, 0.05) is 19.3 Å². The molecule has 0 spiro atoms. The normalized spacial score (nSPS) is 31.9. The Hall–Kier alpha value is -1.88. The summed E-state index contributed by atoms with van der Waals surface area (Å²) in [7, 11) is -0.419. The Kier molecular flexibility index (Phi) is 18.7. The standard InChI is InChI=1S/C51H86O8Si/c1-17-18-43-34(7)28-46(59-60(15,16)51(11,12)13)49(56-43)36(9)26-40(53)25-33(6)42(55-30-38-19-22-41(54-14)23-20-38)24-21-39(52)29-44-35(8)27-45-50(57-44)37(10)47(31(2)3)48(58-45)32(4)5/h19-24,31-37,42-50H,17-18,25-30H2,1-16H3/b24-21+. The van der Waals surface area contributed by atoms with E-state index in [0.29, 0.717) is 55.5 Å². The molecule has 3 aliphatic heterocycles. The van der Waals surface area contributed by atoms with Gasteiger partial charge in [0.1, 0.15) is 11.5 Å². The smallest absolute Gasteiger partial charge is 0.192 e. The molecule has 9 heteroatoms. The van der Waals surface area contributed by atoms with Crippen molar-refractivity contribution in [3.05, 3.63) is 42.0 Å². The molecule has 0 aromatic heterocycles. The zero-order chi connectivity index (χ0) is 44.7. The van der Waals surface area contributed by atoms with Gasteiger partial charge in [-0.05, 0) is 109 Å². The second kappa shape index (κ2) is 22.1. The molecule has 0 saturated carbocycles. The number of hydrogen-bond donors (Lipinski definition) is 0. The number of benzene rings is 1. The number of carbonyl (C=O) groups excluding carboxylic acids is 2. The van der Waals surface area contributed by atoms with Gasteiger partial charge < -0.3 is 28.1 Å². The number of fused-ring (bicyclic) bond motifs is 1. The van der Waals surface area contributed by atoms with E-state index >= 15 is 0 Å². The Morgan fingerprint density at radius 3 is 2.10 bits per heavy atom. The molecular formula is C51H86O8Si. The highest BCUT2D eigenvalue weighted by Gasteiger charge is 2.50. The van der Waals surface area contributed by atoms with Crippen LogP contribution in [0.15, 0.2) is 36.4 Å². The molecular weight excluding hydrogens is 769 g/mol. The molecule has 1 aromatic carbocycles. The van der Waals surface area contributed by atoms with Crippen LogP contribution in [0.2, 0.25) is 18.1 Å². The van der Waals surface area contributed by atoms with Gasteiger partial charge in [-0.2, -0.15) is 0 Å². The third-order valence-corrected chi connectivity index (χ3v) is 19.2. The zero-order valence-electron chi connectivity index (χ0n) is 40.6. The molecule has 3 heterocycles. The van der Waals surface area contributed by atoms with Gasteiger partial charge in [0.25, 0.3) is 0 Å². The number of methoxy groups -OCH3 is 1. The van der Waals surface area contributed by atoms with Crippen molar-refractivity contribution >= 4 is 19.9 Å². The molecule has 3 fully saturated rings. The first-order valence-corrected chi connectivity index (χ1v) is 26.6. The van der Waals surface area contributed by atoms with E-state index < -0.39 is 14.4 Å². The number of rotatable bonds is 20. The van der Waals surface area contributed by atoms with Crippen molar-refractivity contribution in [2.24, 2.45) is 47.3 Å². The molecule has 14 unspecified atom stereocenters. The molecule has 1 aromatic rings. The summed E-state index contributed by atoms with van der Waals surface area (Å²) in [6, 6.07) is 7.81. The Balaban J connectivity index is 1.46. The van der Waals surface area contributed by atoms with Crippen molar-refractivity contribution in [2.75, 3.05) is 7.11 Å². The molecule has 0 aliphatic carbocycles. The lowest BCUT2D eigenvalue weighted by Gasteiger charge is -2.53. The first-order chi connectivity index (χ1) is 28.1. The van der Waals surface area contributed by atoms with E-state index in [1.165, 1.54) is 0 Å². The van der Waals surface area contributed by atoms with E-state index in [1.807, 2.05) is 30.3 Å². The zero-order valence-corrected chi connectivity index (χ0v) is 41.6. The van der Waals surface area contributed by atoms with Crippen LogP contribution in [0.25, 0.3) is 0 Å². The highest BCUT2D eigenvalue weighted by Crippen LogP contribution is 2.46. The fourth-order valence-electron chi connectivity index (χ4n) is 10.0. The third-order valence-electron chi connectivity index (χ3n) is 14.7. The SMILES string of the molecule is CCCC1OC(C(C)CC(=O)CC(C)C(/C=C/C(=O)CC2OC3C(CC2C)OC(C(C)C)C(C(C)C)C3C)OCc2ccc(OC)cc2)C(O[Si](C)(C)C(C)(C)C)CC1C.